The third kappa shape index (κ3) is 3.52. The van der Waals surface area contributed by atoms with Crippen LogP contribution in [0.15, 0.2) is 24.3 Å². The monoisotopic (exact) mass is 398 g/mol. The number of anilines is 2. The van der Waals surface area contributed by atoms with Crippen LogP contribution in [0.2, 0.25) is 5.02 Å². The van der Waals surface area contributed by atoms with Gasteiger partial charge >= 0.3 is 0 Å². The lowest BCUT2D eigenvalue weighted by Crippen LogP contribution is -2.07. The van der Waals surface area contributed by atoms with Crippen LogP contribution in [-0.2, 0) is 6.42 Å². The number of aromatic nitrogens is 5. The zero-order valence-electron chi connectivity index (χ0n) is 15.5. The van der Waals surface area contributed by atoms with Gasteiger partial charge in [-0.15, -0.1) is 5.10 Å². The highest BCUT2D eigenvalue weighted by molar-refractivity contribution is 7.17. The van der Waals surface area contributed by atoms with E-state index >= 15 is 0 Å². The fraction of sp³-hybridized carbons (Fsp3) is 0.263. The van der Waals surface area contributed by atoms with Gasteiger partial charge in [0, 0.05) is 27.6 Å². The van der Waals surface area contributed by atoms with Gasteiger partial charge in [0.15, 0.2) is 0 Å². The summed E-state index contributed by atoms with van der Waals surface area (Å²) >= 11 is 7.63. The quantitative estimate of drug-likeness (QED) is 0.534. The van der Waals surface area contributed by atoms with Crippen molar-refractivity contribution >= 4 is 39.7 Å². The second-order valence-electron chi connectivity index (χ2n) is 6.49. The van der Waals surface area contributed by atoms with Gasteiger partial charge in [-0.1, -0.05) is 35.1 Å². The summed E-state index contributed by atoms with van der Waals surface area (Å²) in [5.41, 5.74) is 4.21. The van der Waals surface area contributed by atoms with Crippen LogP contribution in [0.3, 0.4) is 0 Å². The first-order chi connectivity index (χ1) is 12.9. The fourth-order valence-corrected chi connectivity index (χ4v) is 3.99. The molecule has 0 atom stereocenters. The number of benzene rings is 1. The predicted octanol–water partition coefficient (Wildman–Crippen LogP) is 4.80. The Labute approximate surface area is 166 Å². The average Bonchev–Trinajstić information content (AvgIpc) is 3.11. The summed E-state index contributed by atoms with van der Waals surface area (Å²) in [5.74, 6) is 1.99. The Bertz CT molecular complexity index is 1130. The molecule has 0 unspecified atom stereocenters. The summed E-state index contributed by atoms with van der Waals surface area (Å²) in [4.78, 5) is 15.8. The van der Waals surface area contributed by atoms with Crippen LogP contribution in [0.4, 0.5) is 11.8 Å². The second kappa shape index (κ2) is 6.90. The van der Waals surface area contributed by atoms with E-state index in [1.54, 1.807) is 11.3 Å². The standard InChI is InChI=1S/C19H19ClN6S/c1-10-16(9-14-5-7-15(20)8-6-14)17(22-13(4)21-10)23-18-24-19-26(25-18)11(2)12(3)27-19/h5-8H,9H2,1-4H3,(H,21,22,23,25). The lowest BCUT2D eigenvalue weighted by molar-refractivity contribution is 0.921. The summed E-state index contributed by atoms with van der Waals surface area (Å²) in [6.45, 7) is 8.00. The molecule has 4 aromatic rings. The molecule has 3 heterocycles. The van der Waals surface area contributed by atoms with Crippen LogP contribution < -0.4 is 5.32 Å². The van der Waals surface area contributed by atoms with Gasteiger partial charge in [0.25, 0.3) is 0 Å². The Balaban J connectivity index is 1.70. The first-order valence-corrected chi connectivity index (χ1v) is 9.78. The van der Waals surface area contributed by atoms with Crippen molar-refractivity contribution < 1.29 is 0 Å². The fourth-order valence-electron chi connectivity index (χ4n) is 2.96. The van der Waals surface area contributed by atoms with E-state index in [9.17, 15) is 0 Å². The number of aryl methyl sites for hydroxylation is 4. The molecule has 0 aliphatic heterocycles. The molecular weight excluding hydrogens is 380 g/mol. The minimum absolute atomic E-state index is 0.541. The normalized spacial score (nSPS) is 11.3. The van der Waals surface area contributed by atoms with Crippen LogP contribution in [0, 0.1) is 27.7 Å². The van der Waals surface area contributed by atoms with Crippen molar-refractivity contribution in [3.63, 3.8) is 0 Å². The molecule has 1 N–H and O–H groups in total. The van der Waals surface area contributed by atoms with Gasteiger partial charge in [0.2, 0.25) is 10.9 Å². The van der Waals surface area contributed by atoms with Crippen LogP contribution in [-0.4, -0.2) is 24.6 Å². The SMILES string of the molecule is Cc1nc(C)c(Cc2ccc(Cl)cc2)c(Nc2nc3sc(C)c(C)n3n2)n1. The number of nitrogens with zero attached hydrogens (tertiary/aromatic N) is 5. The maximum Gasteiger partial charge on any atom is 0.249 e. The summed E-state index contributed by atoms with van der Waals surface area (Å²) in [5, 5.41) is 8.59. The molecule has 3 aromatic heterocycles. The molecule has 0 amide bonds. The molecule has 0 radical (unpaired) electrons. The molecule has 0 bridgehead atoms. The van der Waals surface area contributed by atoms with E-state index in [-0.39, 0.29) is 0 Å². The topological polar surface area (TPSA) is 68.0 Å². The lowest BCUT2D eigenvalue weighted by Gasteiger charge is -2.12. The van der Waals surface area contributed by atoms with Crippen LogP contribution in [0.1, 0.15) is 33.2 Å². The first-order valence-electron chi connectivity index (χ1n) is 8.59. The van der Waals surface area contributed by atoms with E-state index in [2.05, 4.69) is 32.3 Å². The van der Waals surface area contributed by atoms with Gasteiger partial charge < -0.3 is 5.32 Å². The Kier molecular flexibility index (Phi) is 4.57. The van der Waals surface area contributed by atoms with Gasteiger partial charge in [-0.25, -0.2) is 14.5 Å². The highest BCUT2D eigenvalue weighted by Crippen LogP contribution is 2.26. The van der Waals surface area contributed by atoms with E-state index in [0.29, 0.717) is 18.2 Å². The van der Waals surface area contributed by atoms with Gasteiger partial charge in [-0.05, 0) is 45.4 Å². The summed E-state index contributed by atoms with van der Waals surface area (Å²) < 4.78 is 1.86. The van der Waals surface area contributed by atoms with Crippen LogP contribution >= 0.6 is 22.9 Å². The van der Waals surface area contributed by atoms with Crippen LogP contribution in [0.5, 0.6) is 0 Å². The smallest absolute Gasteiger partial charge is 0.249 e. The van der Waals surface area contributed by atoms with Crippen molar-refractivity contribution in [1.29, 1.82) is 0 Å². The lowest BCUT2D eigenvalue weighted by atomic mass is 10.0. The minimum Gasteiger partial charge on any atom is -0.307 e. The summed E-state index contributed by atoms with van der Waals surface area (Å²) in [6.07, 6.45) is 0.700. The first kappa shape index (κ1) is 17.9. The molecule has 8 heteroatoms. The van der Waals surface area contributed by atoms with E-state index in [4.69, 9.17) is 11.6 Å². The number of nitrogens with one attached hydrogen (secondary N) is 1. The molecule has 0 saturated carbocycles. The molecule has 0 saturated heterocycles. The number of rotatable bonds is 4. The highest BCUT2D eigenvalue weighted by atomic mass is 35.5. The van der Waals surface area contributed by atoms with Crippen molar-refractivity contribution in [2.75, 3.05) is 5.32 Å². The van der Waals surface area contributed by atoms with E-state index in [1.165, 1.54) is 4.88 Å². The molecule has 1 aromatic carbocycles. The van der Waals surface area contributed by atoms with E-state index in [1.807, 2.05) is 49.6 Å². The van der Waals surface area contributed by atoms with E-state index in [0.717, 1.165) is 38.3 Å². The van der Waals surface area contributed by atoms with Gasteiger partial charge in [-0.2, -0.15) is 4.98 Å². The molecule has 138 valence electrons. The van der Waals surface area contributed by atoms with Crippen molar-refractivity contribution in [3.05, 3.63) is 62.5 Å². The maximum absolute atomic E-state index is 6.00. The van der Waals surface area contributed by atoms with Crippen molar-refractivity contribution in [3.8, 4) is 0 Å². The Morgan fingerprint density at radius 3 is 2.48 bits per heavy atom. The molecule has 0 spiro atoms. The molecule has 27 heavy (non-hydrogen) atoms. The molecule has 0 aliphatic carbocycles. The second-order valence-corrected chi connectivity index (χ2v) is 8.10. The zero-order valence-corrected chi connectivity index (χ0v) is 17.1. The van der Waals surface area contributed by atoms with Crippen molar-refractivity contribution in [1.82, 2.24) is 24.6 Å². The third-order valence-corrected chi connectivity index (χ3v) is 5.80. The number of hydrogen-bond acceptors (Lipinski definition) is 6. The van der Waals surface area contributed by atoms with Gasteiger partial charge in [0.05, 0.1) is 5.69 Å². The zero-order chi connectivity index (χ0) is 19.1. The maximum atomic E-state index is 6.00. The van der Waals surface area contributed by atoms with Crippen LogP contribution in [0.25, 0.3) is 4.96 Å². The minimum atomic E-state index is 0.541. The largest absolute Gasteiger partial charge is 0.307 e. The summed E-state index contributed by atoms with van der Waals surface area (Å²) in [6, 6.07) is 7.82. The molecule has 0 aliphatic rings. The van der Waals surface area contributed by atoms with Gasteiger partial charge in [0.1, 0.15) is 11.6 Å². The molecular formula is C19H19ClN6S. The van der Waals surface area contributed by atoms with Crippen molar-refractivity contribution in [2.24, 2.45) is 0 Å². The number of thiazole rings is 1. The average molecular weight is 399 g/mol. The predicted molar refractivity (Wildman–Crippen MR) is 109 cm³/mol. The number of fused-ring (bicyclic) bond motifs is 1. The third-order valence-electron chi connectivity index (χ3n) is 4.50. The Morgan fingerprint density at radius 2 is 1.78 bits per heavy atom. The Hall–Kier alpha value is -2.51. The molecule has 0 fully saturated rings. The molecule has 6 nitrogen and oxygen atoms in total. The number of hydrogen-bond donors (Lipinski definition) is 1. The summed E-state index contributed by atoms with van der Waals surface area (Å²) in [7, 11) is 0. The van der Waals surface area contributed by atoms with Gasteiger partial charge in [-0.3, -0.25) is 0 Å². The highest BCUT2D eigenvalue weighted by Gasteiger charge is 2.15. The van der Waals surface area contributed by atoms with E-state index < -0.39 is 0 Å². The number of halogens is 1. The molecule has 4 rings (SSSR count). The van der Waals surface area contributed by atoms with Crippen molar-refractivity contribution in [2.45, 2.75) is 34.1 Å². The Morgan fingerprint density at radius 1 is 1.04 bits per heavy atom.